The fourth-order valence-electron chi connectivity index (χ4n) is 3.69. The predicted octanol–water partition coefficient (Wildman–Crippen LogP) is 3.01. The highest BCUT2D eigenvalue weighted by molar-refractivity contribution is 5.18. The molecule has 1 unspecified atom stereocenters. The Kier molecular flexibility index (Phi) is 3.78. The van der Waals surface area contributed by atoms with Crippen LogP contribution in [0.3, 0.4) is 0 Å². The largest absolute Gasteiger partial charge is 0.313 e. The van der Waals surface area contributed by atoms with E-state index >= 15 is 0 Å². The molecule has 3 nitrogen and oxygen atoms in total. The lowest BCUT2D eigenvalue weighted by molar-refractivity contribution is 0.392. The van der Waals surface area contributed by atoms with Gasteiger partial charge in [0.15, 0.2) is 0 Å². The molecule has 1 fully saturated rings. The molecule has 1 aliphatic rings. The third-order valence-corrected chi connectivity index (χ3v) is 5.39. The van der Waals surface area contributed by atoms with E-state index in [1.54, 1.807) is 0 Å². The second-order valence-corrected chi connectivity index (χ2v) is 7.17. The molecule has 0 spiro atoms. The van der Waals surface area contributed by atoms with E-state index in [1.165, 1.54) is 12.1 Å². The smallest absolute Gasteiger partial charge is 0.0640 e. The van der Waals surface area contributed by atoms with Gasteiger partial charge in [-0.3, -0.25) is 4.68 Å². The van der Waals surface area contributed by atoms with Crippen molar-refractivity contribution in [1.29, 1.82) is 0 Å². The van der Waals surface area contributed by atoms with Crippen LogP contribution in [0, 0.1) is 16.7 Å². The summed E-state index contributed by atoms with van der Waals surface area (Å²) in [5, 5.41) is 8.29. The van der Waals surface area contributed by atoms with Gasteiger partial charge >= 0.3 is 0 Å². The van der Waals surface area contributed by atoms with E-state index in [0.29, 0.717) is 16.9 Å². The lowest BCUT2D eigenvalue weighted by Crippen LogP contribution is -2.36. The van der Waals surface area contributed by atoms with Crippen LogP contribution in [-0.4, -0.2) is 22.4 Å². The molecule has 0 amide bonds. The highest BCUT2D eigenvalue weighted by atomic mass is 15.2. The number of nitrogens with one attached hydrogen (secondary N) is 1. The van der Waals surface area contributed by atoms with Crippen LogP contribution in [0.15, 0.2) is 12.3 Å². The molecule has 1 N–H and O–H groups in total. The summed E-state index contributed by atoms with van der Waals surface area (Å²) >= 11 is 0. The van der Waals surface area contributed by atoms with Crippen LogP contribution in [0.2, 0.25) is 0 Å². The van der Waals surface area contributed by atoms with E-state index < -0.39 is 0 Å². The summed E-state index contributed by atoms with van der Waals surface area (Å²) < 4.78 is 1.90. The average Bonchev–Trinajstić information content (AvgIpc) is 2.64. The quantitative estimate of drug-likeness (QED) is 0.855. The highest BCUT2D eigenvalue weighted by Gasteiger charge is 2.66. The molecule has 1 aromatic heterocycles. The molecule has 0 aliphatic heterocycles. The third kappa shape index (κ3) is 2.58. The molecule has 0 saturated heterocycles. The molecule has 0 aromatic carbocycles. The first-order chi connectivity index (χ1) is 8.80. The van der Waals surface area contributed by atoms with Crippen molar-refractivity contribution in [1.82, 2.24) is 15.1 Å². The number of nitrogens with zero attached hydrogens (tertiary/aromatic N) is 2. The van der Waals surface area contributed by atoms with E-state index in [-0.39, 0.29) is 0 Å². The van der Waals surface area contributed by atoms with Gasteiger partial charge in [-0.1, -0.05) is 34.6 Å². The van der Waals surface area contributed by atoms with Gasteiger partial charge in [-0.2, -0.15) is 5.10 Å². The average molecular weight is 263 g/mol. The maximum atomic E-state index is 4.54. The minimum atomic E-state index is 0.424. The summed E-state index contributed by atoms with van der Waals surface area (Å²) in [7, 11) is 1.99. The molecule has 2 rings (SSSR count). The zero-order valence-corrected chi connectivity index (χ0v) is 13.3. The Balaban J connectivity index is 2.09. The number of aromatic nitrogens is 2. The minimum Gasteiger partial charge on any atom is -0.313 e. The Morgan fingerprint density at radius 1 is 1.32 bits per heavy atom. The molecule has 1 aromatic rings. The van der Waals surface area contributed by atoms with Crippen LogP contribution in [0.5, 0.6) is 0 Å². The fraction of sp³-hybridized carbons (Fsp3) is 0.812. The molecule has 1 heterocycles. The summed E-state index contributed by atoms with van der Waals surface area (Å²) in [6, 6.07) is 2.68. The van der Waals surface area contributed by atoms with Gasteiger partial charge in [0.25, 0.3) is 0 Å². The first-order valence-electron chi connectivity index (χ1n) is 7.52. The van der Waals surface area contributed by atoms with Crippen molar-refractivity contribution in [2.24, 2.45) is 23.8 Å². The molecule has 3 heteroatoms. The Morgan fingerprint density at radius 2 is 1.95 bits per heavy atom. The Hall–Kier alpha value is -0.830. The summed E-state index contributed by atoms with van der Waals surface area (Å²) in [4.78, 5) is 0. The van der Waals surface area contributed by atoms with Gasteiger partial charge in [0.05, 0.1) is 5.69 Å². The first kappa shape index (κ1) is 14.6. The summed E-state index contributed by atoms with van der Waals surface area (Å²) in [6.45, 7) is 12.9. The third-order valence-electron chi connectivity index (χ3n) is 5.39. The van der Waals surface area contributed by atoms with E-state index in [4.69, 9.17) is 0 Å². The van der Waals surface area contributed by atoms with Gasteiger partial charge in [0.2, 0.25) is 0 Å². The summed E-state index contributed by atoms with van der Waals surface area (Å²) in [5.41, 5.74) is 2.05. The molecule has 108 valence electrons. The maximum absolute atomic E-state index is 4.54. The van der Waals surface area contributed by atoms with Gasteiger partial charge in [0.1, 0.15) is 0 Å². The van der Waals surface area contributed by atoms with Crippen LogP contribution < -0.4 is 5.32 Å². The van der Waals surface area contributed by atoms with Gasteiger partial charge < -0.3 is 5.32 Å². The monoisotopic (exact) mass is 263 g/mol. The zero-order chi connectivity index (χ0) is 14.3. The fourth-order valence-corrected chi connectivity index (χ4v) is 3.69. The lowest BCUT2D eigenvalue weighted by atomic mass is 9.99. The normalized spacial score (nSPS) is 22.4. The van der Waals surface area contributed by atoms with Crippen LogP contribution in [-0.2, 0) is 13.5 Å². The molecular weight excluding hydrogens is 234 g/mol. The molecular formula is C16H29N3. The SMILES string of the molecule is CCCNC(Cc1ccn(C)n1)C1C(C)(C)C1(C)C. The summed E-state index contributed by atoms with van der Waals surface area (Å²) in [5.74, 6) is 0.730. The molecule has 0 radical (unpaired) electrons. The van der Waals surface area contributed by atoms with E-state index in [1.807, 2.05) is 17.9 Å². The van der Waals surface area contributed by atoms with E-state index in [9.17, 15) is 0 Å². The van der Waals surface area contributed by atoms with Gasteiger partial charge in [0, 0.05) is 25.7 Å². The van der Waals surface area contributed by atoms with Crippen LogP contribution in [0.4, 0.5) is 0 Å². The molecule has 19 heavy (non-hydrogen) atoms. The van der Waals surface area contributed by atoms with Crippen molar-refractivity contribution in [2.75, 3.05) is 6.54 Å². The molecule has 0 bridgehead atoms. The number of rotatable bonds is 6. The summed E-state index contributed by atoms with van der Waals surface area (Å²) in [6.07, 6.45) is 4.26. The minimum absolute atomic E-state index is 0.424. The second-order valence-electron chi connectivity index (χ2n) is 7.17. The van der Waals surface area contributed by atoms with Gasteiger partial charge in [-0.25, -0.2) is 0 Å². The molecule has 1 saturated carbocycles. The van der Waals surface area contributed by atoms with Crippen molar-refractivity contribution < 1.29 is 0 Å². The van der Waals surface area contributed by atoms with Crippen molar-refractivity contribution in [2.45, 2.75) is 53.5 Å². The Bertz CT molecular complexity index is 417. The van der Waals surface area contributed by atoms with Gasteiger partial charge in [-0.05, 0) is 35.8 Å². The maximum Gasteiger partial charge on any atom is 0.0640 e. The standard InChI is InChI=1S/C16H29N3/c1-7-9-17-13(11-12-8-10-19(6)18-12)14-15(2,3)16(14,4)5/h8,10,13-14,17H,7,9,11H2,1-6H3. The Morgan fingerprint density at radius 3 is 2.37 bits per heavy atom. The topological polar surface area (TPSA) is 29.9 Å². The van der Waals surface area contributed by atoms with E-state index in [2.05, 4.69) is 51.1 Å². The first-order valence-corrected chi connectivity index (χ1v) is 7.52. The van der Waals surface area contributed by atoms with Crippen LogP contribution >= 0.6 is 0 Å². The van der Waals surface area contributed by atoms with Crippen LogP contribution in [0.1, 0.15) is 46.7 Å². The van der Waals surface area contributed by atoms with Crippen LogP contribution in [0.25, 0.3) is 0 Å². The lowest BCUT2D eigenvalue weighted by Gasteiger charge is -2.20. The van der Waals surface area contributed by atoms with Crippen molar-refractivity contribution in [3.63, 3.8) is 0 Å². The Labute approximate surface area is 117 Å². The predicted molar refractivity (Wildman–Crippen MR) is 80.0 cm³/mol. The highest BCUT2D eigenvalue weighted by Crippen LogP contribution is 2.69. The van der Waals surface area contributed by atoms with Crippen molar-refractivity contribution in [3.8, 4) is 0 Å². The van der Waals surface area contributed by atoms with Crippen molar-refractivity contribution >= 4 is 0 Å². The second kappa shape index (κ2) is 4.93. The van der Waals surface area contributed by atoms with E-state index in [0.717, 1.165) is 18.9 Å². The zero-order valence-electron chi connectivity index (χ0n) is 13.3. The van der Waals surface area contributed by atoms with Gasteiger partial charge in [-0.15, -0.1) is 0 Å². The number of aryl methyl sites for hydroxylation is 1. The number of hydrogen-bond donors (Lipinski definition) is 1. The molecule has 1 atom stereocenters. The molecule has 1 aliphatic carbocycles. The number of hydrogen-bond acceptors (Lipinski definition) is 2. The van der Waals surface area contributed by atoms with Crippen molar-refractivity contribution in [3.05, 3.63) is 18.0 Å².